The number of rotatable bonds is 64. The van der Waals surface area contributed by atoms with Gasteiger partial charge in [0.1, 0.15) is 13.2 Å². The molecule has 0 saturated carbocycles. The summed E-state index contributed by atoms with van der Waals surface area (Å²) in [7, 11) is 0. The third-order valence-electron chi connectivity index (χ3n) is 15.4. The van der Waals surface area contributed by atoms with Gasteiger partial charge in [-0.15, -0.1) is 0 Å². The Morgan fingerprint density at radius 1 is 0.263 bits per heavy atom. The van der Waals surface area contributed by atoms with Gasteiger partial charge in [0.05, 0.1) is 0 Å². The second-order valence-corrected chi connectivity index (χ2v) is 23.4. The van der Waals surface area contributed by atoms with Crippen LogP contribution in [0.4, 0.5) is 0 Å². The summed E-state index contributed by atoms with van der Waals surface area (Å²) in [5, 5.41) is 0. The summed E-state index contributed by atoms with van der Waals surface area (Å²) in [5.41, 5.74) is 0. The van der Waals surface area contributed by atoms with Crippen molar-refractivity contribution in [2.24, 2.45) is 0 Å². The van der Waals surface area contributed by atoms with Crippen LogP contribution in [0.25, 0.3) is 0 Å². The molecule has 0 radical (unpaired) electrons. The lowest BCUT2D eigenvalue weighted by Crippen LogP contribution is -2.30. The van der Waals surface area contributed by atoms with Crippen molar-refractivity contribution in [3.05, 3.63) is 72.9 Å². The monoisotopic (exact) mass is 1120 g/mol. The molecule has 0 aliphatic heterocycles. The molecule has 1 atom stereocenters. The lowest BCUT2D eigenvalue weighted by molar-refractivity contribution is -0.167. The Hall–Kier alpha value is -3.15. The van der Waals surface area contributed by atoms with Crippen LogP contribution in [-0.4, -0.2) is 37.2 Å². The predicted molar refractivity (Wildman–Crippen MR) is 348 cm³/mol. The standard InChI is InChI=1S/C74H132O6/c1-4-7-10-13-16-19-22-25-28-31-33-35-36-37-38-40-41-43-46-49-52-55-58-61-64-67-73(76)79-70-71(69-78-72(75)66-63-60-57-54-51-48-45-30-27-24-21-18-15-12-9-6-3)80-74(77)68-65-62-59-56-53-50-47-44-42-39-34-32-29-26-23-20-17-14-11-8-5-2/h7,10,16,19,23,25-26,28,32-35,71H,4-6,8-9,11-15,17-18,20-22,24,27,29-31,36-70H2,1-3H3/b10-7-,19-16-,26-23-,28-25-,34-32-,35-33-. The number of carbonyl (C=O) groups is 3. The molecule has 6 heteroatoms. The lowest BCUT2D eigenvalue weighted by atomic mass is 10.0. The Balaban J connectivity index is 4.32. The van der Waals surface area contributed by atoms with Crippen molar-refractivity contribution in [3.63, 3.8) is 0 Å². The summed E-state index contributed by atoms with van der Waals surface area (Å²) in [4.78, 5) is 38.5. The molecule has 0 amide bonds. The largest absolute Gasteiger partial charge is 0.462 e. The molecule has 0 spiro atoms. The predicted octanol–water partition coefficient (Wildman–Crippen LogP) is 24.1. The first kappa shape index (κ1) is 76.9. The minimum absolute atomic E-state index is 0.0731. The van der Waals surface area contributed by atoms with Gasteiger partial charge in [-0.05, 0) is 89.9 Å². The summed E-state index contributed by atoms with van der Waals surface area (Å²) in [5.74, 6) is -0.857. The van der Waals surface area contributed by atoms with E-state index >= 15 is 0 Å². The molecule has 1 unspecified atom stereocenters. The Morgan fingerprint density at radius 3 is 0.762 bits per heavy atom. The Kier molecular flexibility index (Phi) is 65.7. The molecule has 0 aliphatic carbocycles. The van der Waals surface area contributed by atoms with Crippen molar-refractivity contribution < 1.29 is 28.6 Å². The van der Waals surface area contributed by atoms with Gasteiger partial charge in [-0.3, -0.25) is 14.4 Å². The van der Waals surface area contributed by atoms with E-state index in [0.717, 1.165) is 89.9 Å². The van der Waals surface area contributed by atoms with Crippen LogP contribution >= 0.6 is 0 Å². The van der Waals surface area contributed by atoms with Gasteiger partial charge in [0.25, 0.3) is 0 Å². The topological polar surface area (TPSA) is 78.9 Å². The molecule has 0 N–H and O–H groups in total. The highest BCUT2D eigenvalue weighted by atomic mass is 16.6. The number of carbonyl (C=O) groups excluding carboxylic acids is 3. The average molecular weight is 1120 g/mol. The van der Waals surface area contributed by atoms with Crippen molar-refractivity contribution in [3.8, 4) is 0 Å². The van der Waals surface area contributed by atoms with E-state index in [0.29, 0.717) is 19.3 Å². The van der Waals surface area contributed by atoms with Crippen molar-refractivity contribution >= 4 is 17.9 Å². The van der Waals surface area contributed by atoms with Gasteiger partial charge in [-0.25, -0.2) is 0 Å². The van der Waals surface area contributed by atoms with Crippen LogP contribution in [0.1, 0.15) is 361 Å². The van der Waals surface area contributed by atoms with Crippen molar-refractivity contribution in [1.82, 2.24) is 0 Å². The molecular weight excluding hydrogens is 985 g/mol. The van der Waals surface area contributed by atoms with Gasteiger partial charge < -0.3 is 14.2 Å². The normalized spacial score (nSPS) is 12.5. The SMILES string of the molecule is CC/C=C\C/C=C\C/C=C\C/C=C\CCCCCCCCCCCCCCC(=O)OCC(COC(=O)CCCCCCCCCCCCCCCCCC)OC(=O)CCCCCCCCCCC/C=C\C/C=C\CCCCCCC. The van der Waals surface area contributed by atoms with E-state index in [4.69, 9.17) is 14.2 Å². The smallest absolute Gasteiger partial charge is 0.306 e. The number of hydrogen-bond donors (Lipinski definition) is 0. The van der Waals surface area contributed by atoms with E-state index in [9.17, 15) is 14.4 Å². The van der Waals surface area contributed by atoms with Crippen LogP contribution in [-0.2, 0) is 28.6 Å². The van der Waals surface area contributed by atoms with Crippen LogP contribution in [0.15, 0.2) is 72.9 Å². The van der Waals surface area contributed by atoms with Gasteiger partial charge >= 0.3 is 17.9 Å². The fourth-order valence-corrected chi connectivity index (χ4v) is 10.2. The van der Waals surface area contributed by atoms with Crippen LogP contribution < -0.4 is 0 Å². The molecule has 0 rings (SSSR count). The molecule has 0 bridgehead atoms. The highest BCUT2D eigenvalue weighted by Gasteiger charge is 2.19. The Morgan fingerprint density at radius 2 is 0.487 bits per heavy atom. The first-order valence-electron chi connectivity index (χ1n) is 34.9. The highest BCUT2D eigenvalue weighted by molar-refractivity contribution is 5.71. The molecule has 0 heterocycles. The van der Waals surface area contributed by atoms with Crippen molar-refractivity contribution in [1.29, 1.82) is 0 Å². The summed E-state index contributed by atoms with van der Waals surface area (Å²) in [6, 6.07) is 0. The molecule has 464 valence electrons. The average Bonchev–Trinajstić information content (AvgIpc) is 3.46. The second-order valence-electron chi connectivity index (χ2n) is 23.4. The summed E-state index contributed by atoms with van der Waals surface area (Å²) in [6.45, 7) is 6.57. The fraction of sp³-hybridized carbons (Fsp3) is 0.797. The molecule has 6 nitrogen and oxygen atoms in total. The molecule has 0 aromatic carbocycles. The third kappa shape index (κ3) is 65.7. The molecule has 0 fully saturated rings. The maximum atomic E-state index is 13.0. The zero-order valence-corrected chi connectivity index (χ0v) is 53.3. The zero-order chi connectivity index (χ0) is 57.8. The van der Waals surface area contributed by atoms with E-state index in [1.807, 2.05) is 0 Å². The van der Waals surface area contributed by atoms with E-state index < -0.39 is 6.10 Å². The Bertz CT molecular complexity index is 1470. The highest BCUT2D eigenvalue weighted by Crippen LogP contribution is 2.18. The number of esters is 3. The van der Waals surface area contributed by atoms with Crippen molar-refractivity contribution in [2.45, 2.75) is 367 Å². The first-order valence-corrected chi connectivity index (χ1v) is 34.9. The molecule has 0 aromatic rings. The van der Waals surface area contributed by atoms with Gasteiger partial charge in [-0.2, -0.15) is 0 Å². The lowest BCUT2D eigenvalue weighted by Gasteiger charge is -2.18. The van der Waals surface area contributed by atoms with Crippen LogP contribution in [0.3, 0.4) is 0 Å². The molecule has 80 heavy (non-hydrogen) atoms. The summed E-state index contributed by atoms with van der Waals surface area (Å²) in [6.07, 6.45) is 89.1. The second kappa shape index (κ2) is 68.3. The molecular formula is C74H132O6. The first-order chi connectivity index (χ1) is 39.5. The van der Waals surface area contributed by atoms with E-state index in [1.165, 1.54) is 231 Å². The summed E-state index contributed by atoms with van der Waals surface area (Å²) >= 11 is 0. The van der Waals surface area contributed by atoms with Crippen LogP contribution in [0.2, 0.25) is 0 Å². The summed E-state index contributed by atoms with van der Waals surface area (Å²) < 4.78 is 17.0. The van der Waals surface area contributed by atoms with Gasteiger partial charge in [-0.1, -0.05) is 325 Å². The maximum absolute atomic E-state index is 13.0. The minimum atomic E-state index is -0.778. The molecule has 0 aliphatic rings. The van der Waals surface area contributed by atoms with Crippen molar-refractivity contribution in [2.75, 3.05) is 13.2 Å². The van der Waals surface area contributed by atoms with Gasteiger partial charge in [0.2, 0.25) is 0 Å². The van der Waals surface area contributed by atoms with E-state index in [2.05, 4.69) is 93.7 Å². The van der Waals surface area contributed by atoms with Gasteiger partial charge in [0, 0.05) is 19.3 Å². The minimum Gasteiger partial charge on any atom is -0.462 e. The Labute approximate surface area is 497 Å². The molecule has 0 saturated heterocycles. The molecule has 0 aromatic heterocycles. The fourth-order valence-electron chi connectivity index (χ4n) is 10.2. The van der Waals surface area contributed by atoms with Gasteiger partial charge in [0.15, 0.2) is 6.10 Å². The van der Waals surface area contributed by atoms with Crippen LogP contribution in [0.5, 0.6) is 0 Å². The number of unbranched alkanes of at least 4 members (excludes halogenated alkanes) is 41. The zero-order valence-electron chi connectivity index (χ0n) is 53.3. The van der Waals surface area contributed by atoms with Crippen LogP contribution in [0, 0.1) is 0 Å². The third-order valence-corrected chi connectivity index (χ3v) is 15.4. The number of ether oxygens (including phenoxy) is 3. The van der Waals surface area contributed by atoms with E-state index in [1.54, 1.807) is 0 Å². The maximum Gasteiger partial charge on any atom is 0.306 e. The van der Waals surface area contributed by atoms with E-state index in [-0.39, 0.29) is 31.1 Å². The quantitative estimate of drug-likeness (QED) is 0.0261. The number of allylic oxidation sites excluding steroid dienone is 12. The number of hydrogen-bond acceptors (Lipinski definition) is 6.